The third-order valence-corrected chi connectivity index (χ3v) is 8.52. The second kappa shape index (κ2) is 19.5. The number of hydrogen-bond acceptors (Lipinski definition) is 7. The molecule has 1 N–H and O–H groups in total. The average molecular weight is 567 g/mol. The van der Waals surface area contributed by atoms with Crippen molar-refractivity contribution in [3.05, 3.63) is 0 Å². The van der Waals surface area contributed by atoms with Crippen molar-refractivity contribution in [3.8, 4) is 0 Å². The van der Waals surface area contributed by atoms with Gasteiger partial charge in [0.05, 0.1) is 12.8 Å². The summed E-state index contributed by atoms with van der Waals surface area (Å²) in [4.78, 5) is 38.3. The summed E-state index contributed by atoms with van der Waals surface area (Å²) >= 11 is 0. The largest absolute Gasteiger partial charge is 0.454 e. The predicted octanol–water partition coefficient (Wildman–Crippen LogP) is 8.23. The van der Waals surface area contributed by atoms with Crippen LogP contribution in [0.5, 0.6) is 0 Å². The molecule has 2 aliphatic rings. The van der Waals surface area contributed by atoms with Crippen molar-refractivity contribution in [3.63, 3.8) is 0 Å². The number of hydrogen-bond donors (Lipinski definition) is 1. The van der Waals surface area contributed by atoms with Crippen LogP contribution in [0.2, 0.25) is 0 Å². The molecule has 0 radical (unpaired) electrons. The van der Waals surface area contributed by atoms with Gasteiger partial charge in [0.2, 0.25) is 0 Å². The van der Waals surface area contributed by atoms with Crippen LogP contribution in [-0.2, 0) is 28.6 Å². The lowest BCUT2D eigenvalue weighted by atomic mass is 9.93. The Bertz CT molecular complexity index is 738. The number of ether oxygens (including phenoxy) is 3. The van der Waals surface area contributed by atoms with Gasteiger partial charge in [-0.2, -0.15) is 0 Å². The van der Waals surface area contributed by atoms with Crippen LogP contribution in [-0.4, -0.2) is 40.5 Å². The van der Waals surface area contributed by atoms with Crippen molar-refractivity contribution >= 4 is 17.9 Å². The molecule has 2 saturated heterocycles. The van der Waals surface area contributed by atoms with Gasteiger partial charge in [-0.1, -0.05) is 136 Å². The number of cyclic esters (lactones) is 1. The Morgan fingerprint density at radius 3 is 1.52 bits per heavy atom. The summed E-state index contributed by atoms with van der Waals surface area (Å²) in [6.07, 6.45) is 23.4. The van der Waals surface area contributed by atoms with Gasteiger partial charge in [-0.15, -0.1) is 0 Å². The van der Waals surface area contributed by atoms with Crippen LogP contribution in [0.4, 0.5) is 0 Å². The zero-order valence-electron chi connectivity index (χ0n) is 25.7. The van der Waals surface area contributed by atoms with Gasteiger partial charge in [0.15, 0.2) is 11.7 Å². The molecule has 2 aliphatic heterocycles. The highest BCUT2D eigenvalue weighted by atomic mass is 16.8. The summed E-state index contributed by atoms with van der Waals surface area (Å²) in [6, 6.07) is 0. The minimum Gasteiger partial charge on any atom is -0.454 e. The second-order valence-electron chi connectivity index (χ2n) is 12.3. The third kappa shape index (κ3) is 12.5. The molecule has 2 heterocycles. The lowest BCUT2D eigenvalue weighted by Crippen LogP contribution is -2.55. The van der Waals surface area contributed by atoms with Crippen molar-refractivity contribution < 1.29 is 33.7 Å². The van der Waals surface area contributed by atoms with Crippen LogP contribution in [0.25, 0.3) is 0 Å². The lowest BCUT2D eigenvalue weighted by molar-refractivity contribution is -0.273. The molecule has 3 atom stereocenters. The first-order chi connectivity index (χ1) is 19.3. The SMILES string of the molecule is CCCCCCCCCCCCCCCCC12OC(=O)CC(O)(CC(=O)OC1CCCCCCCCC)C(=O)O2. The Kier molecular flexibility index (Phi) is 16.8. The number of aliphatic hydroxyl groups is 1. The summed E-state index contributed by atoms with van der Waals surface area (Å²) in [5.41, 5.74) is -2.23. The van der Waals surface area contributed by atoms with E-state index in [0.29, 0.717) is 12.8 Å². The maximum Gasteiger partial charge on any atom is 0.342 e. The molecule has 2 rings (SSSR count). The van der Waals surface area contributed by atoms with Gasteiger partial charge in [0.1, 0.15) is 0 Å². The van der Waals surface area contributed by atoms with E-state index < -0.39 is 48.2 Å². The summed E-state index contributed by atoms with van der Waals surface area (Å²) < 4.78 is 17.2. The number of esters is 3. The number of carbonyl (C=O) groups is 3. The summed E-state index contributed by atoms with van der Waals surface area (Å²) in [5, 5.41) is 10.7. The van der Waals surface area contributed by atoms with E-state index in [1.165, 1.54) is 89.9 Å². The van der Waals surface area contributed by atoms with Gasteiger partial charge in [-0.3, -0.25) is 9.59 Å². The van der Waals surface area contributed by atoms with Crippen LogP contribution in [0.3, 0.4) is 0 Å². The topological polar surface area (TPSA) is 99.1 Å². The quantitative estimate of drug-likeness (QED) is 0.0982. The molecule has 0 aliphatic carbocycles. The molecule has 232 valence electrons. The van der Waals surface area contributed by atoms with E-state index in [1.54, 1.807) is 0 Å². The fourth-order valence-corrected chi connectivity index (χ4v) is 6.00. The molecule has 0 aromatic carbocycles. The summed E-state index contributed by atoms with van der Waals surface area (Å²) in [7, 11) is 0. The number of unbranched alkanes of at least 4 members (excludes halogenated alkanes) is 19. The Morgan fingerprint density at radius 1 is 0.600 bits per heavy atom. The Balaban J connectivity index is 1.81. The Hall–Kier alpha value is -1.63. The van der Waals surface area contributed by atoms with Crippen molar-refractivity contribution in [2.45, 2.75) is 192 Å². The fraction of sp³-hybridized carbons (Fsp3) is 0.909. The molecule has 7 nitrogen and oxygen atoms in total. The second-order valence-corrected chi connectivity index (χ2v) is 12.3. The van der Waals surface area contributed by atoms with Crippen LogP contribution in [0.15, 0.2) is 0 Å². The molecule has 0 saturated carbocycles. The maximum atomic E-state index is 12.9. The number of carbonyl (C=O) groups excluding carboxylic acids is 3. The number of rotatable bonds is 23. The third-order valence-electron chi connectivity index (χ3n) is 8.52. The van der Waals surface area contributed by atoms with Crippen LogP contribution < -0.4 is 0 Å². The monoisotopic (exact) mass is 566 g/mol. The highest BCUT2D eigenvalue weighted by Gasteiger charge is 2.58. The molecule has 7 heteroatoms. The molecule has 40 heavy (non-hydrogen) atoms. The molecule has 0 aromatic heterocycles. The van der Waals surface area contributed by atoms with E-state index in [0.717, 1.165) is 38.5 Å². The van der Waals surface area contributed by atoms with Gasteiger partial charge in [0, 0.05) is 6.42 Å². The molecule has 0 amide bonds. The van der Waals surface area contributed by atoms with Crippen LogP contribution in [0.1, 0.15) is 174 Å². The molecule has 0 spiro atoms. The molecular weight excluding hydrogens is 508 g/mol. The van der Waals surface area contributed by atoms with Gasteiger partial charge in [-0.25, -0.2) is 4.79 Å². The lowest BCUT2D eigenvalue weighted by Gasteiger charge is -2.39. The first-order valence-corrected chi connectivity index (χ1v) is 16.7. The van der Waals surface area contributed by atoms with Gasteiger partial charge >= 0.3 is 17.9 Å². The standard InChI is InChI=1S/C33H58O7/c1-3-5-7-9-11-12-13-14-15-16-17-19-21-23-25-33-28(24-22-20-18-10-8-6-4-2)38-29(34)26-32(37,31(36)40-33)27-30(35)39-33/h28,37H,3-27H2,1-2H3. The zero-order valence-corrected chi connectivity index (χ0v) is 25.7. The van der Waals surface area contributed by atoms with Crippen LogP contribution in [0, 0.1) is 0 Å². The van der Waals surface area contributed by atoms with Crippen molar-refractivity contribution in [1.82, 2.24) is 0 Å². The van der Waals surface area contributed by atoms with E-state index in [1.807, 2.05) is 0 Å². The first-order valence-electron chi connectivity index (χ1n) is 16.7. The van der Waals surface area contributed by atoms with E-state index in [4.69, 9.17) is 14.2 Å². The molecule has 2 fully saturated rings. The van der Waals surface area contributed by atoms with Gasteiger partial charge in [-0.05, 0) is 19.3 Å². The maximum absolute atomic E-state index is 12.9. The first kappa shape index (κ1) is 34.6. The van der Waals surface area contributed by atoms with Crippen molar-refractivity contribution in [2.24, 2.45) is 0 Å². The van der Waals surface area contributed by atoms with Crippen LogP contribution >= 0.6 is 0 Å². The highest BCUT2D eigenvalue weighted by molar-refractivity contribution is 5.92. The Labute approximate surface area is 243 Å². The Morgan fingerprint density at radius 2 is 1.02 bits per heavy atom. The van der Waals surface area contributed by atoms with Crippen molar-refractivity contribution in [2.75, 3.05) is 0 Å². The van der Waals surface area contributed by atoms with E-state index in [-0.39, 0.29) is 6.42 Å². The predicted molar refractivity (Wildman–Crippen MR) is 157 cm³/mol. The normalized spacial score (nSPS) is 24.7. The molecule has 0 aromatic rings. The van der Waals surface area contributed by atoms with Gasteiger partial charge in [0.25, 0.3) is 5.79 Å². The summed E-state index contributed by atoms with van der Waals surface area (Å²) in [6.45, 7) is 4.44. The highest BCUT2D eigenvalue weighted by Crippen LogP contribution is 2.39. The fourth-order valence-electron chi connectivity index (χ4n) is 6.00. The minimum atomic E-state index is -2.23. The van der Waals surface area contributed by atoms with E-state index >= 15 is 0 Å². The van der Waals surface area contributed by atoms with E-state index in [9.17, 15) is 19.5 Å². The molecule has 2 bridgehead atoms. The van der Waals surface area contributed by atoms with Crippen molar-refractivity contribution in [1.29, 1.82) is 0 Å². The minimum absolute atomic E-state index is 0.271. The van der Waals surface area contributed by atoms with E-state index in [2.05, 4.69) is 13.8 Å². The summed E-state index contributed by atoms with van der Waals surface area (Å²) in [5.74, 6) is -4.02. The smallest absolute Gasteiger partial charge is 0.342 e. The zero-order chi connectivity index (χ0) is 29.1. The number of fused-ring (bicyclic) bond motifs is 3. The average Bonchev–Trinajstić information content (AvgIpc) is 2.97. The van der Waals surface area contributed by atoms with Gasteiger partial charge < -0.3 is 19.3 Å². The molecule has 3 unspecified atom stereocenters. The molecular formula is C33H58O7.